The van der Waals surface area contributed by atoms with Crippen LogP contribution in [0.3, 0.4) is 0 Å². The lowest BCUT2D eigenvalue weighted by atomic mass is 10.3. The standard InChI is InChI=1S/C16H27N5O2S/c1-4-13-11-18-14(24-13)12-19-15(17-5-2)20-7-9-21(10-8-20)16(22)23-6-3/h11H,4-10,12H2,1-3H3,(H,17,19). The summed E-state index contributed by atoms with van der Waals surface area (Å²) < 4.78 is 5.06. The van der Waals surface area contributed by atoms with Crippen LogP contribution in [0.1, 0.15) is 30.7 Å². The molecular weight excluding hydrogens is 326 g/mol. The molecule has 1 aliphatic heterocycles. The lowest BCUT2D eigenvalue weighted by Crippen LogP contribution is -2.53. The van der Waals surface area contributed by atoms with Crippen molar-refractivity contribution in [2.75, 3.05) is 39.3 Å². The SMILES string of the molecule is CCNC(=NCc1ncc(CC)s1)N1CCN(C(=O)OCC)CC1. The van der Waals surface area contributed by atoms with Gasteiger partial charge in [0.05, 0.1) is 13.2 Å². The minimum atomic E-state index is -0.228. The van der Waals surface area contributed by atoms with Crippen molar-refractivity contribution < 1.29 is 9.53 Å². The van der Waals surface area contributed by atoms with Crippen LogP contribution in [-0.2, 0) is 17.7 Å². The molecule has 8 heteroatoms. The molecule has 0 aliphatic carbocycles. The second-order valence-corrected chi connectivity index (χ2v) is 6.62. The summed E-state index contributed by atoms with van der Waals surface area (Å²) in [4.78, 5) is 26.1. The predicted octanol–water partition coefficient (Wildman–Crippen LogP) is 1.95. The number of piperazine rings is 1. The highest BCUT2D eigenvalue weighted by atomic mass is 32.1. The van der Waals surface area contributed by atoms with E-state index >= 15 is 0 Å². The number of nitrogens with one attached hydrogen (secondary N) is 1. The summed E-state index contributed by atoms with van der Waals surface area (Å²) in [5.74, 6) is 0.884. The number of aromatic nitrogens is 1. The molecule has 2 heterocycles. The average Bonchev–Trinajstić information content (AvgIpc) is 3.07. The Balaban J connectivity index is 1.93. The highest BCUT2D eigenvalue weighted by Gasteiger charge is 2.23. The fourth-order valence-corrected chi connectivity index (χ4v) is 3.26. The van der Waals surface area contributed by atoms with Crippen molar-refractivity contribution in [3.8, 4) is 0 Å². The zero-order valence-corrected chi connectivity index (χ0v) is 15.6. The molecule has 1 aromatic rings. The smallest absolute Gasteiger partial charge is 0.409 e. The van der Waals surface area contributed by atoms with Gasteiger partial charge in [0.1, 0.15) is 5.01 Å². The fraction of sp³-hybridized carbons (Fsp3) is 0.688. The van der Waals surface area contributed by atoms with Crippen LogP contribution in [0.2, 0.25) is 0 Å². The summed E-state index contributed by atoms with van der Waals surface area (Å²) in [5, 5.41) is 4.37. The second kappa shape index (κ2) is 9.46. The number of ether oxygens (including phenoxy) is 1. The van der Waals surface area contributed by atoms with Crippen molar-refractivity contribution >= 4 is 23.4 Å². The van der Waals surface area contributed by atoms with Crippen molar-refractivity contribution in [2.45, 2.75) is 33.7 Å². The molecular formula is C16H27N5O2S. The molecule has 0 unspecified atom stereocenters. The summed E-state index contributed by atoms with van der Waals surface area (Å²) in [6.45, 7) is 10.6. The summed E-state index contributed by atoms with van der Waals surface area (Å²) in [7, 11) is 0. The fourth-order valence-electron chi connectivity index (χ4n) is 2.47. The van der Waals surface area contributed by atoms with E-state index in [1.165, 1.54) is 4.88 Å². The number of guanidine groups is 1. The summed E-state index contributed by atoms with van der Waals surface area (Å²) in [5.41, 5.74) is 0. The molecule has 1 aliphatic rings. The zero-order chi connectivity index (χ0) is 17.4. The molecule has 1 N–H and O–H groups in total. The topological polar surface area (TPSA) is 70.1 Å². The van der Waals surface area contributed by atoms with Gasteiger partial charge in [-0.3, -0.25) is 0 Å². The quantitative estimate of drug-likeness (QED) is 0.647. The maximum atomic E-state index is 11.8. The number of aryl methyl sites for hydroxylation is 1. The summed E-state index contributed by atoms with van der Waals surface area (Å²) in [6, 6.07) is 0. The molecule has 1 aromatic heterocycles. The van der Waals surface area contributed by atoms with Crippen LogP contribution in [0.25, 0.3) is 0 Å². The largest absolute Gasteiger partial charge is 0.450 e. The lowest BCUT2D eigenvalue weighted by molar-refractivity contribution is 0.0914. The van der Waals surface area contributed by atoms with Crippen molar-refractivity contribution in [1.82, 2.24) is 20.1 Å². The molecule has 0 aromatic carbocycles. The number of amides is 1. The Hall–Kier alpha value is -1.83. The Morgan fingerprint density at radius 3 is 2.58 bits per heavy atom. The molecule has 134 valence electrons. The highest BCUT2D eigenvalue weighted by molar-refractivity contribution is 7.11. The Morgan fingerprint density at radius 2 is 2.00 bits per heavy atom. The minimum Gasteiger partial charge on any atom is -0.450 e. The van der Waals surface area contributed by atoms with Crippen molar-refractivity contribution in [3.63, 3.8) is 0 Å². The van der Waals surface area contributed by atoms with Crippen LogP contribution in [0.5, 0.6) is 0 Å². The Bertz CT molecular complexity index is 552. The second-order valence-electron chi connectivity index (χ2n) is 5.42. The van der Waals surface area contributed by atoms with E-state index in [4.69, 9.17) is 9.73 Å². The van der Waals surface area contributed by atoms with Gasteiger partial charge in [-0.1, -0.05) is 6.92 Å². The summed E-state index contributed by atoms with van der Waals surface area (Å²) in [6.07, 6.45) is 2.71. The Morgan fingerprint density at radius 1 is 1.29 bits per heavy atom. The molecule has 0 bridgehead atoms. The van der Waals surface area contributed by atoms with Crippen LogP contribution in [0.4, 0.5) is 4.79 Å². The van der Waals surface area contributed by atoms with E-state index in [-0.39, 0.29) is 6.09 Å². The Kier molecular flexibility index (Phi) is 7.30. The minimum absolute atomic E-state index is 0.228. The Labute approximate surface area is 147 Å². The van der Waals surface area contributed by atoms with Crippen molar-refractivity contribution in [2.24, 2.45) is 4.99 Å². The van der Waals surface area contributed by atoms with Gasteiger partial charge >= 0.3 is 6.09 Å². The number of carbonyl (C=O) groups is 1. The molecule has 2 rings (SSSR count). The van der Waals surface area contributed by atoms with Crippen molar-refractivity contribution in [3.05, 3.63) is 16.1 Å². The maximum absolute atomic E-state index is 11.8. The molecule has 0 saturated carbocycles. The third-order valence-electron chi connectivity index (χ3n) is 3.75. The predicted molar refractivity (Wildman–Crippen MR) is 96.5 cm³/mol. The average molecular weight is 353 g/mol. The van der Waals surface area contributed by atoms with E-state index in [2.05, 4.69) is 29.0 Å². The first-order valence-electron chi connectivity index (χ1n) is 8.56. The first-order valence-corrected chi connectivity index (χ1v) is 9.38. The van der Waals surface area contributed by atoms with Gasteiger partial charge in [-0.2, -0.15) is 0 Å². The molecule has 24 heavy (non-hydrogen) atoms. The first-order chi connectivity index (χ1) is 11.7. The van der Waals surface area contributed by atoms with Gasteiger partial charge in [-0.15, -0.1) is 11.3 Å². The van der Waals surface area contributed by atoms with E-state index in [1.54, 1.807) is 16.2 Å². The third kappa shape index (κ3) is 5.09. The van der Waals surface area contributed by atoms with Gasteiger partial charge < -0.3 is 19.9 Å². The van der Waals surface area contributed by atoms with Crippen LogP contribution >= 0.6 is 11.3 Å². The van der Waals surface area contributed by atoms with E-state index in [1.807, 2.05) is 13.1 Å². The van der Waals surface area contributed by atoms with Gasteiger partial charge in [0.15, 0.2) is 5.96 Å². The van der Waals surface area contributed by atoms with Gasteiger partial charge in [-0.25, -0.2) is 14.8 Å². The van der Waals surface area contributed by atoms with Crippen LogP contribution in [0.15, 0.2) is 11.2 Å². The monoisotopic (exact) mass is 353 g/mol. The van der Waals surface area contributed by atoms with E-state index in [0.717, 1.165) is 37.0 Å². The number of carbonyl (C=O) groups excluding carboxylic acids is 1. The normalized spacial score (nSPS) is 15.5. The van der Waals surface area contributed by atoms with Crippen LogP contribution in [-0.4, -0.2) is 66.2 Å². The van der Waals surface area contributed by atoms with Crippen molar-refractivity contribution in [1.29, 1.82) is 0 Å². The molecule has 1 amide bonds. The zero-order valence-electron chi connectivity index (χ0n) is 14.7. The maximum Gasteiger partial charge on any atom is 0.409 e. The molecule has 0 atom stereocenters. The third-order valence-corrected chi connectivity index (χ3v) is 4.88. The molecule has 0 spiro atoms. The van der Waals surface area contributed by atoms with E-state index in [0.29, 0.717) is 26.2 Å². The van der Waals surface area contributed by atoms with Gasteiger partial charge in [0, 0.05) is 43.8 Å². The van der Waals surface area contributed by atoms with Gasteiger partial charge in [-0.05, 0) is 20.3 Å². The molecule has 0 radical (unpaired) electrons. The number of nitrogens with zero attached hydrogens (tertiary/aromatic N) is 4. The molecule has 7 nitrogen and oxygen atoms in total. The molecule has 1 fully saturated rings. The number of hydrogen-bond acceptors (Lipinski definition) is 5. The number of aliphatic imine (C=N–C) groups is 1. The molecule has 1 saturated heterocycles. The summed E-state index contributed by atoms with van der Waals surface area (Å²) >= 11 is 1.72. The van der Waals surface area contributed by atoms with E-state index < -0.39 is 0 Å². The first kappa shape index (κ1) is 18.5. The number of rotatable bonds is 5. The van der Waals surface area contributed by atoms with Crippen LogP contribution < -0.4 is 5.32 Å². The van der Waals surface area contributed by atoms with Gasteiger partial charge in [0.25, 0.3) is 0 Å². The van der Waals surface area contributed by atoms with Gasteiger partial charge in [0.2, 0.25) is 0 Å². The lowest BCUT2D eigenvalue weighted by Gasteiger charge is -2.35. The van der Waals surface area contributed by atoms with Crippen LogP contribution in [0, 0.1) is 0 Å². The number of thiazole rings is 1. The van der Waals surface area contributed by atoms with E-state index in [9.17, 15) is 4.79 Å². The number of hydrogen-bond donors (Lipinski definition) is 1. The highest BCUT2D eigenvalue weighted by Crippen LogP contribution is 2.14.